The summed E-state index contributed by atoms with van der Waals surface area (Å²) in [5, 5.41) is 23.7. The van der Waals surface area contributed by atoms with Crippen LogP contribution in [0.3, 0.4) is 0 Å². The number of carboxylic acids is 2. The molecule has 24 heavy (non-hydrogen) atoms. The number of hydrogen-bond donors (Lipinski definition) is 4. The topological polar surface area (TPSA) is 116 Å². The molecule has 1 aliphatic heterocycles. The molecule has 1 saturated heterocycles. The van der Waals surface area contributed by atoms with Crippen LogP contribution in [0.4, 0.5) is 4.79 Å². The lowest BCUT2D eigenvalue weighted by Crippen LogP contribution is -2.39. The van der Waals surface area contributed by atoms with Crippen molar-refractivity contribution in [1.82, 2.24) is 10.6 Å². The van der Waals surface area contributed by atoms with Gasteiger partial charge in [0.05, 0.1) is 11.1 Å². The van der Waals surface area contributed by atoms with E-state index in [4.69, 9.17) is 15.0 Å². The van der Waals surface area contributed by atoms with E-state index in [1.54, 1.807) is 6.92 Å². The quantitative estimate of drug-likeness (QED) is 0.563. The molecule has 1 aromatic carbocycles. The molecule has 136 valence electrons. The smallest absolute Gasteiger partial charge is 0.335 e. The van der Waals surface area contributed by atoms with Crippen LogP contribution in [-0.2, 0) is 0 Å². The van der Waals surface area contributed by atoms with Crippen molar-refractivity contribution in [2.75, 3.05) is 26.2 Å². The van der Waals surface area contributed by atoms with E-state index in [2.05, 4.69) is 33.8 Å². The summed E-state index contributed by atoms with van der Waals surface area (Å²) in [4.78, 5) is 30.1. The zero-order valence-electron chi connectivity index (χ0n) is 12.8. The Kier molecular flexibility index (Phi) is 14.5. The summed E-state index contributed by atoms with van der Waals surface area (Å²) in [6.07, 6.45) is 0. The molecular weight excluding hydrogens is 383 g/mol. The summed E-state index contributed by atoms with van der Waals surface area (Å²) < 4.78 is -0.889. The van der Waals surface area contributed by atoms with Crippen molar-refractivity contribution in [2.24, 2.45) is 0 Å². The van der Waals surface area contributed by atoms with Crippen LogP contribution >= 0.6 is 35.6 Å². The molecule has 10 heteroatoms. The van der Waals surface area contributed by atoms with E-state index in [0.717, 1.165) is 32.2 Å². The van der Waals surface area contributed by atoms with Crippen LogP contribution in [0.2, 0.25) is 0 Å². The highest BCUT2D eigenvalue weighted by atomic mass is 35.5. The SMILES string of the molecule is C1CNCCN1.Cc1ccc(C(=O)O)cc1C(=O)O.Cl.O=C(Cl)Cl. The molecule has 0 saturated carbocycles. The third kappa shape index (κ3) is 12.1. The van der Waals surface area contributed by atoms with Crippen molar-refractivity contribution in [3.63, 3.8) is 0 Å². The van der Waals surface area contributed by atoms with Crippen molar-refractivity contribution in [3.05, 3.63) is 34.9 Å². The third-order valence-electron chi connectivity index (χ3n) is 2.67. The monoisotopic (exact) mass is 400 g/mol. The molecule has 0 bridgehead atoms. The van der Waals surface area contributed by atoms with Crippen LogP contribution in [0.15, 0.2) is 18.2 Å². The molecule has 0 atom stereocenters. The van der Waals surface area contributed by atoms with E-state index in [0.29, 0.717) is 5.56 Å². The number of carboxylic acid groups (broad SMARTS) is 2. The first-order valence-corrected chi connectivity index (χ1v) is 7.35. The molecule has 1 fully saturated rings. The summed E-state index contributed by atoms with van der Waals surface area (Å²) in [6, 6.07) is 4.01. The van der Waals surface area contributed by atoms with E-state index in [1.807, 2.05) is 0 Å². The average Bonchev–Trinajstić information content (AvgIpc) is 2.49. The molecule has 2 rings (SSSR count). The lowest BCUT2D eigenvalue weighted by Gasteiger charge is -2.11. The molecule has 1 heterocycles. The number of carbonyl (C=O) groups excluding carboxylic acids is 1. The molecule has 7 nitrogen and oxygen atoms in total. The minimum atomic E-state index is -1.12. The number of piperazine rings is 1. The molecule has 0 amide bonds. The first kappa shape index (κ1) is 24.9. The van der Waals surface area contributed by atoms with Gasteiger partial charge in [-0.15, -0.1) is 12.4 Å². The van der Waals surface area contributed by atoms with Gasteiger partial charge in [0.15, 0.2) is 0 Å². The van der Waals surface area contributed by atoms with Gasteiger partial charge in [0.25, 0.3) is 0 Å². The van der Waals surface area contributed by atoms with E-state index in [9.17, 15) is 9.59 Å². The number of carbonyl (C=O) groups is 3. The van der Waals surface area contributed by atoms with Gasteiger partial charge in [-0.1, -0.05) is 6.07 Å². The zero-order chi connectivity index (χ0) is 17.8. The second kappa shape index (κ2) is 14.0. The molecule has 0 aromatic heterocycles. The Balaban J connectivity index is 0. The van der Waals surface area contributed by atoms with E-state index in [-0.39, 0.29) is 23.5 Å². The zero-order valence-corrected chi connectivity index (χ0v) is 15.2. The molecule has 1 aliphatic rings. The number of nitrogens with one attached hydrogen (secondary N) is 2. The van der Waals surface area contributed by atoms with Gasteiger partial charge in [-0.05, 0) is 47.8 Å². The Bertz CT molecular complexity index is 536. The van der Waals surface area contributed by atoms with Gasteiger partial charge in [0.2, 0.25) is 0 Å². The molecule has 0 aliphatic carbocycles. The molecule has 0 spiro atoms. The van der Waals surface area contributed by atoms with Crippen molar-refractivity contribution >= 4 is 52.2 Å². The van der Waals surface area contributed by atoms with Crippen LogP contribution in [0.5, 0.6) is 0 Å². The molecule has 0 unspecified atom stereocenters. The first-order valence-electron chi connectivity index (χ1n) is 6.59. The number of rotatable bonds is 2. The van der Waals surface area contributed by atoms with E-state index < -0.39 is 16.6 Å². The number of hydrogen-bond acceptors (Lipinski definition) is 5. The fraction of sp³-hybridized carbons (Fsp3) is 0.357. The summed E-state index contributed by atoms with van der Waals surface area (Å²) in [6.45, 7) is 6.18. The van der Waals surface area contributed by atoms with Crippen molar-refractivity contribution in [1.29, 1.82) is 0 Å². The molecule has 1 aromatic rings. The van der Waals surface area contributed by atoms with Gasteiger partial charge in [-0.25, -0.2) is 9.59 Å². The maximum atomic E-state index is 10.6. The lowest BCUT2D eigenvalue weighted by atomic mass is 10.1. The van der Waals surface area contributed by atoms with Gasteiger partial charge in [-0.2, -0.15) is 0 Å². The Labute approximate surface area is 155 Å². The van der Waals surface area contributed by atoms with Gasteiger partial charge in [-0.3, -0.25) is 4.79 Å². The molecule has 0 radical (unpaired) electrons. The van der Waals surface area contributed by atoms with Crippen LogP contribution in [0, 0.1) is 6.92 Å². The van der Waals surface area contributed by atoms with Gasteiger partial charge in [0, 0.05) is 26.2 Å². The Morgan fingerprint density at radius 2 is 1.38 bits per heavy atom. The van der Waals surface area contributed by atoms with Crippen LogP contribution < -0.4 is 10.6 Å². The van der Waals surface area contributed by atoms with Crippen molar-refractivity contribution in [3.8, 4) is 0 Å². The van der Waals surface area contributed by atoms with Gasteiger partial charge < -0.3 is 20.8 Å². The fourth-order valence-electron chi connectivity index (χ4n) is 1.59. The average molecular weight is 402 g/mol. The highest BCUT2D eigenvalue weighted by Crippen LogP contribution is 2.11. The Hall–Kier alpha value is -1.38. The van der Waals surface area contributed by atoms with Crippen LogP contribution in [-0.4, -0.2) is 53.0 Å². The summed E-state index contributed by atoms with van der Waals surface area (Å²) in [5.41, 5.74) is 0.570. The maximum absolute atomic E-state index is 10.6. The van der Waals surface area contributed by atoms with Gasteiger partial charge in [0.1, 0.15) is 0 Å². The predicted molar refractivity (Wildman–Crippen MR) is 95.2 cm³/mol. The Morgan fingerprint density at radius 1 is 0.958 bits per heavy atom. The minimum Gasteiger partial charge on any atom is -0.478 e. The van der Waals surface area contributed by atoms with E-state index >= 15 is 0 Å². The highest BCUT2D eigenvalue weighted by Gasteiger charge is 2.10. The second-order valence-electron chi connectivity index (χ2n) is 4.37. The number of aromatic carboxylic acids is 2. The highest BCUT2D eigenvalue weighted by molar-refractivity contribution is 6.93. The summed E-state index contributed by atoms with van der Waals surface area (Å²) in [5.74, 6) is -2.23. The minimum absolute atomic E-state index is 0. The predicted octanol–water partition coefficient (Wildman–Crippen LogP) is 2.58. The van der Waals surface area contributed by atoms with Gasteiger partial charge >= 0.3 is 16.6 Å². The summed E-state index contributed by atoms with van der Waals surface area (Å²) >= 11 is 8.80. The summed E-state index contributed by atoms with van der Waals surface area (Å²) in [7, 11) is 0. The Morgan fingerprint density at radius 3 is 1.67 bits per heavy atom. The second-order valence-corrected chi connectivity index (χ2v) is 5.25. The van der Waals surface area contributed by atoms with Crippen molar-refractivity contribution in [2.45, 2.75) is 6.92 Å². The third-order valence-corrected chi connectivity index (χ3v) is 2.67. The number of halogens is 3. The normalized spacial score (nSPS) is 12.3. The number of benzene rings is 1. The number of aryl methyl sites for hydroxylation is 1. The standard InChI is InChI=1S/C9H8O4.C4H10N2.CCl2O.ClH/c1-5-2-3-6(8(10)11)4-7(5)9(12)13;1-2-6-4-3-5-1;2-1(3)4;/h2-4H,1H3,(H,10,11)(H,12,13);5-6H,1-4H2;;1H. The van der Waals surface area contributed by atoms with E-state index in [1.165, 1.54) is 12.1 Å². The maximum Gasteiger partial charge on any atom is 0.335 e. The van der Waals surface area contributed by atoms with Crippen LogP contribution in [0.25, 0.3) is 0 Å². The molecule has 4 N–H and O–H groups in total. The van der Waals surface area contributed by atoms with Crippen LogP contribution in [0.1, 0.15) is 26.3 Å². The lowest BCUT2D eigenvalue weighted by molar-refractivity contribution is 0.0695. The van der Waals surface area contributed by atoms with Crippen molar-refractivity contribution < 1.29 is 24.6 Å². The largest absolute Gasteiger partial charge is 0.478 e. The fourth-order valence-corrected chi connectivity index (χ4v) is 1.59. The first-order chi connectivity index (χ1) is 10.8. The molecular formula is C14H19Cl3N2O5.